The molecule has 21 heavy (non-hydrogen) atoms. The maximum atomic E-state index is 5.79. The van der Waals surface area contributed by atoms with Crippen molar-refractivity contribution in [1.82, 2.24) is 10.2 Å². The van der Waals surface area contributed by atoms with Crippen molar-refractivity contribution in [1.29, 1.82) is 0 Å². The highest BCUT2D eigenvalue weighted by atomic mass is 16.5. The number of benzene rings is 1. The van der Waals surface area contributed by atoms with E-state index in [4.69, 9.17) is 9.47 Å². The molecule has 0 radical (unpaired) electrons. The van der Waals surface area contributed by atoms with Gasteiger partial charge in [-0.05, 0) is 38.0 Å². The van der Waals surface area contributed by atoms with Crippen molar-refractivity contribution < 1.29 is 9.47 Å². The molecular weight excluding hydrogens is 264 g/mol. The maximum Gasteiger partial charge on any atom is 0.161 e. The van der Waals surface area contributed by atoms with E-state index in [1.165, 1.54) is 5.56 Å². The van der Waals surface area contributed by atoms with Crippen LogP contribution in [0.25, 0.3) is 0 Å². The second-order valence-electron chi connectivity index (χ2n) is 6.35. The van der Waals surface area contributed by atoms with Crippen LogP contribution in [0.4, 0.5) is 0 Å². The van der Waals surface area contributed by atoms with Crippen LogP contribution >= 0.6 is 0 Å². The van der Waals surface area contributed by atoms with Crippen LogP contribution in [0.15, 0.2) is 18.2 Å². The van der Waals surface area contributed by atoms with Crippen LogP contribution in [0, 0.1) is 0 Å². The molecule has 0 aliphatic carbocycles. The van der Waals surface area contributed by atoms with Crippen molar-refractivity contribution >= 4 is 0 Å². The van der Waals surface area contributed by atoms with Gasteiger partial charge >= 0.3 is 0 Å². The highest BCUT2D eigenvalue weighted by molar-refractivity contribution is 5.43. The zero-order chi connectivity index (χ0) is 15.3. The number of piperazine rings is 1. The van der Waals surface area contributed by atoms with Crippen molar-refractivity contribution in [3.63, 3.8) is 0 Å². The molecule has 1 N–H and O–H groups in total. The minimum absolute atomic E-state index is 0.187. The highest BCUT2D eigenvalue weighted by Crippen LogP contribution is 2.29. The van der Waals surface area contributed by atoms with E-state index in [1.54, 1.807) is 7.11 Å². The third-order valence-electron chi connectivity index (χ3n) is 3.75. The standard InChI is InChI=1S/C17H28N2O2/c1-5-10-21-16-11-14(6-7-15(16)20-4)12-19-9-8-18-17(2,3)13-19/h6-7,11,18H,5,8-10,12-13H2,1-4H3. The molecule has 2 rings (SSSR count). The Balaban J connectivity index is 2.05. The lowest BCUT2D eigenvalue weighted by Gasteiger charge is -2.39. The van der Waals surface area contributed by atoms with Crippen LogP contribution in [-0.4, -0.2) is 43.8 Å². The first-order valence-corrected chi connectivity index (χ1v) is 7.81. The van der Waals surface area contributed by atoms with Gasteiger partial charge in [-0.25, -0.2) is 0 Å². The fraction of sp³-hybridized carbons (Fsp3) is 0.647. The average molecular weight is 292 g/mol. The van der Waals surface area contributed by atoms with E-state index in [0.717, 1.165) is 50.7 Å². The Morgan fingerprint density at radius 2 is 2.10 bits per heavy atom. The summed E-state index contributed by atoms with van der Waals surface area (Å²) in [6, 6.07) is 6.25. The Morgan fingerprint density at radius 1 is 1.29 bits per heavy atom. The van der Waals surface area contributed by atoms with E-state index >= 15 is 0 Å². The lowest BCUT2D eigenvalue weighted by Crippen LogP contribution is -2.56. The van der Waals surface area contributed by atoms with Gasteiger partial charge < -0.3 is 14.8 Å². The summed E-state index contributed by atoms with van der Waals surface area (Å²) in [6.07, 6.45) is 0.999. The maximum absolute atomic E-state index is 5.79. The molecule has 1 aliphatic rings. The molecule has 1 aliphatic heterocycles. The minimum Gasteiger partial charge on any atom is -0.493 e. The Kier molecular flexibility index (Phi) is 5.48. The highest BCUT2D eigenvalue weighted by Gasteiger charge is 2.25. The fourth-order valence-corrected chi connectivity index (χ4v) is 2.78. The number of nitrogens with one attached hydrogen (secondary N) is 1. The Morgan fingerprint density at radius 3 is 2.76 bits per heavy atom. The molecule has 118 valence electrons. The molecule has 0 spiro atoms. The third kappa shape index (κ3) is 4.61. The smallest absolute Gasteiger partial charge is 0.161 e. The fourth-order valence-electron chi connectivity index (χ4n) is 2.78. The van der Waals surface area contributed by atoms with Gasteiger partial charge in [0.1, 0.15) is 0 Å². The molecule has 1 aromatic rings. The largest absolute Gasteiger partial charge is 0.493 e. The van der Waals surface area contributed by atoms with Crippen LogP contribution in [-0.2, 0) is 6.54 Å². The zero-order valence-electron chi connectivity index (χ0n) is 13.7. The van der Waals surface area contributed by atoms with Crippen molar-refractivity contribution in [3.8, 4) is 11.5 Å². The van der Waals surface area contributed by atoms with E-state index in [2.05, 4.69) is 43.1 Å². The summed E-state index contributed by atoms with van der Waals surface area (Å²) in [5.41, 5.74) is 1.46. The molecule has 1 saturated heterocycles. The third-order valence-corrected chi connectivity index (χ3v) is 3.75. The first kappa shape index (κ1) is 16.1. The Bertz CT molecular complexity index is 460. The summed E-state index contributed by atoms with van der Waals surface area (Å²) >= 11 is 0. The molecular formula is C17H28N2O2. The van der Waals surface area contributed by atoms with Gasteiger partial charge in [-0.15, -0.1) is 0 Å². The van der Waals surface area contributed by atoms with E-state index in [9.17, 15) is 0 Å². The first-order chi connectivity index (χ1) is 10.0. The Labute approximate surface area is 128 Å². The summed E-state index contributed by atoms with van der Waals surface area (Å²) in [4.78, 5) is 2.49. The summed E-state index contributed by atoms with van der Waals surface area (Å²) in [5.74, 6) is 1.67. The molecule has 0 saturated carbocycles. The van der Waals surface area contributed by atoms with Gasteiger partial charge in [0, 0.05) is 31.7 Å². The molecule has 4 nitrogen and oxygen atoms in total. The van der Waals surface area contributed by atoms with Gasteiger partial charge in [0.2, 0.25) is 0 Å². The van der Waals surface area contributed by atoms with Crippen molar-refractivity contribution in [2.24, 2.45) is 0 Å². The average Bonchev–Trinajstić information content (AvgIpc) is 2.44. The van der Waals surface area contributed by atoms with Crippen LogP contribution in [0.3, 0.4) is 0 Å². The quantitative estimate of drug-likeness (QED) is 0.874. The van der Waals surface area contributed by atoms with Gasteiger partial charge in [0.05, 0.1) is 13.7 Å². The number of nitrogens with zero attached hydrogens (tertiary/aromatic N) is 1. The van der Waals surface area contributed by atoms with Gasteiger partial charge in [-0.1, -0.05) is 13.0 Å². The van der Waals surface area contributed by atoms with Crippen molar-refractivity contribution in [3.05, 3.63) is 23.8 Å². The SMILES string of the molecule is CCCOc1cc(CN2CCNC(C)(C)C2)ccc1OC. The van der Waals surface area contributed by atoms with E-state index in [0.29, 0.717) is 0 Å². The summed E-state index contributed by atoms with van der Waals surface area (Å²) in [6.45, 7) is 11.5. The number of methoxy groups -OCH3 is 1. The number of ether oxygens (including phenoxy) is 2. The van der Waals surface area contributed by atoms with Crippen LogP contribution in [0.2, 0.25) is 0 Å². The molecule has 1 fully saturated rings. The van der Waals surface area contributed by atoms with Crippen molar-refractivity contribution in [2.45, 2.75) is 39.3 Å². The zero-order valence-corrected chi connectivity index (χ0v) is 13.7. The number of rotatable bonds is 6. The number of hydrogen-bond acceptors (Lipinski definition) is 4. The van der Waals surface area contributed by atoms with Crippen molar-refractivity contribution in [2.75, 3.05) is 33.4 Å². The summed E-state index contributed by atoms with van der Waals surface area (Å²) in [5, 5.41) is 3.55. The number of hydrogen-bond donors (Lipinski definition) is 1. The molecule has 4 heteroatoms. The molecule has 0 atom stereocenters. The summed E-state index contributed by atoms with van der Waals surface area (Å²) in [7, 11) is 1.69. The van der Waals surface area contributed by atoms with Gasteiger partial charge in [-0.2, -0.15) is 0 Å². The minimum atomic E-state index is 0.187. The van der Waals surface area contributed by atoms with E-state index < -0.39 is 0 Å². The Hall–Kier alpha value is -1.26. The second-order valence-corrected chi connectivity index (χ2v) is 6.35. The molecule has 0 aromatic heterocycles. The van der Waals surface area contributed by atoms with Crippen LogP contribution in [0.5, 0.6) is 11.5 Å². The van der Waals surface area contributed by atoms with Gasteiger partial charge in [-0.3, -0.25) is 4.90 Å². The monoisotopic (exact) mass is 292 g/mol. The lowest BCUT2D eigenvalue weighted by atomic mass is 10.0. The van der Waals surface area contributed by atoms with E-state index in [1.807, 2.05) is 6.07 Å². The van der Waals surface area contributed by atoms with E-state index in [-0.39, 0.29) is 5.54 Å². The molecule has 1 heterocycles. The molecule has 0 bridgehead atoms. The molecule has 0 amide bonds. The predicted octanol–water partition coefficient (Wildman–Crippen LogP) is 2.67. The topological polar surface area (TPSA) is 33.7 Å². The van der Waals surface area contributed by atoms with Crippen LogP contribution < -0.4 is 14.8 Å². The normalized spacial score (nSPS) is 18.5. The van der Waals surface area contributed by atoms with Crippen LogP contribution in [0.1, 0.15) is 32.8 Å². The first-order valence-electron chi connectivity index (χ1n) is 7.81. The van der Waals surface area contributed by atoms with Gasteiger partial charge in [0.25, 0.3) is 0 Å². The predicted molar refractivity (Wildman–Crippen MR) is 86.1 cm³/mol. The molecule has 1 aromatic carbocycles. The second kappa shape index (κ2) is 7.14. The summed E-state index contributed by atoms with van der Waals surface area (Å²) < 4.78 is 11.2. The molecule has 0 unspecified atom stereocenters. The lowest BCUT2D eigenvalue weighted by molar-refractivity contribution is 0.148. The van der Waals surface area contributed by atoms with Gasteiger partial charge in [0.15, 0.2) is 11.5 Å².